The van der Waals surface area contributed by atoms with Crippen molar-refractivity contribution in [3.05, 3.63) is 59.7 Å². The average molecular weight is 282 g/mol. The van der Waals surface area contributed by atoms with Crippen LogP contribution in [0.4, 0.5) is 0 Å². The minimum atomic E-state index is 0.236. The molecule has 2 rings (SSSR count). The minimum Gasteiger partial charge on any atom is -0.529 e. The van der Waals surface area contributed by atoms with Gasteiger partial charge in [-0.25, -0.2) is 0 Å². The van der Waals surface area contributed by atoms with E-state index < -0.39 is 0 Å². The van der Waals surface area contributed by atoms with Gasteiger partial charge in [-0.2, -0.15) is 0 Å². The average Bonchev–Trinajstić information content (AvgIpc) is 2.51. The normalized spacial score (nSPS) is 10.2. The second-order valence-corrected chi connectivity index (χ2v) is 5.19. The quantitative estimate of drug-likeness (QED) is 0.671. The molecule has 3 heteroatoms. The largest absolute Gasteiger partial charge is 0.576 e. The van der Waals surface area contributed by atoms with Crippen molar-refractivity contribution in [1.29, 1.82) is 0 Å². The number of hydrogen-bond donors (Lipinski definition) is 0. The molecule has 2 nitrogen and oxygen atoms in total. The van der Waals surface area contributed by atoms with Crippen molar-refractivity contribution < 1.29 is 9.31 Å². The summed E-state index contributed by atoms with van der Waals surface area (Å²) >= 11 is 0. The molecule has 0 N–H and O–H groups in total. The van der Waals surface area contributed by atoms with Crippen LogP contribution in [0.1, 0.15) is 37.8 Å². The molecule has 2 aromatic rings. The van der Waals surface area contributed by atoms with Crippen LogP contribution in [0, 0.1) is 0 Å². The topological polar surface area (TPSA) is 18.5 Å². The van der Waals surface area contributed by atoms with E-state index >= 15 is 0 Å². The lowest BCUT2D eigenvalue weighted by Gasteiger charge is -2.08. The maximum absolute atomic E-state index is 5.60. The zero-order valence-corrected chi connectivity index (χ0v) is 13.0. The number of benzene rings is 2. The van der Waals surface area contributed by atoms with E-state index in [1.54, 1.807) is 0 Å². The van der Waals surface area contributed by atoms with Crippen molar-refractivity contribution in [3.8, 4) is 11.5 Å². The van der Waals surface area contributed by atoms with E-state index in [0.717, 1.165) is 37.2 Å². The van der Waals surface area contributed by atoms with E-state index in [1.807, 2.05) is 24.3 Å². The maximum Gasteiger partial charge on any atom is 0.576 e. The third kappa shape index (κ3) is 5.18. The molecule has 0 heterocycles. The Hall–Kier alpha value is -1.90. The summed E-state index contributed by atoms with van der Waals surface area (Å²) in [5, 5.41) is 0. The number of rotatable bonds is 8. The fraction of sp³-hybridized carbons (Fsp3) is 0.333. The van der Waals surface area contributed by atoms with Crippen molar-refractivity contribution in [2.24, 2.45) is 0 Å². The van der Waals surface area contributed by atoms with Gasteiger partial charge in [0.25, 0.3) is 0 Å². The first-order valence-corrected chi connectivity index (χ1v) is 7.75. The van der Waals surface area contributed by atoms with E-state index in [4.69, 9.17) is 9.31 Å². The van der Waals surface area contributed by atoms with E-state index in [0.29, 0.717) is 0 Å². The lowest BCUT2D eigenvalue weighted by Crippen LogP contribution is -2.10. The molecule has 0 spiro atoms. The molecular weight excluding hydrogens is 259 g/mol. The van der Waals surface area contributed by atoms with Gasteiger partial charge in [0.2, 0.25) is 0 Å². The Morgan fingerprint density at radius 1 is 0.667 bits per heavy atom. The summed E-state index contributed by atoms with van der Waals surface area (Å²) in [6.07, 6.45) is 4.55. The number of aryl methyl sites for hydroxylation is 2. The van der Waals surface area contributed by atoms with E-state index in [9.17, 15) is 0 Å². The molecule has 0 saturated heterocycles. The highest BCUT2D eigenvalue weighted by Crippen LogP contribution is 2.15. The van der Waals surface area contributed by atoms with Gasteiger partial charge in [0.05, 0.1) is 0 Å². The Morgan fingerprint density at radius 3 is 1.38 bits per heavy atom. The third-order valence-electron chi connectivity index (χ3n) is 3.38. The lowest BCUT2D eigenvalue weighted by atomic mass is 10.1. The zero-order chi connectivity index (χ0) is 14.9. The maximum atomic E-state index is 5.60. The second-order valence-electron chi connectivity index (χ2n) is 5.19. The Kier molecular flexibility index (Phi) is 6.20. The standard InChI is InChI=1S/C18H23BO2/c1-3-5-15-7-11-17(12-8-15)20-19-21-18-13-9-16(6-4-2)10-14-18/h7-14,19H,3-6H2,1-2H3. The number of hydrogen-bond acceptors (Lipinski definition) is 2. The van der Waals surface area contributed by atoms with Crippen LogP contribution in [0.5, 0.6) is 11.5 Å². The summed E-state index contributed by atoms with van der Waals surface area (Å²) < 4.78 is 11.2. The molecule has 0 aliphatic rings. The second kappa shape index (κ2) is 8.40. The van der Waals surface area contributed by atoms with Crippen LogP contribution in [-0.2, 0) is 12.8 Å². The van der Waals surface area contributed by atoms with Gasteiger partial charge in [-0.3, -0.25) is 0 Å². The minimum absolute atomic E-state index is 0.236. The highest BCUT2D eigenvalue weighted by molar-refractivity contribution is 6.20. The first-order chi connectivity index (χ1) is 10.3. The summed E-state index contributed by atoms with van der Waals surface area (Å²) in [6.45, 7) is 4.37. The van der Waals surface area contributed by atoms with Crippen LogP contribution < -0.4 is 9.31 Å². The van der Waals surface area contributed by atoms with Crippen molar-refractivity contribution in [3.63, 3.8) is 0 Å². The highest BCUT2D eigenvalue weighted by Gasteiger charge is 2.00. The molecule has 2 aromatic carbocycles. The molecule has 0 aliphatic heterocycles. The fourth-order valence-corrected chi connectivity index (χ4v) is 2.25. The van der Waals surface area contributed by atoms with E-state index in [2.05, 4.69) is 38.1 Å². The summed E-state index contributed by atoms with van der Waals surface area (Å²) in [5.74, 6) is 1.69. The van der Waals surface area contributed by atoms with Crippen LogP contribution in [0.15, 0.2) is 48.5 Å². The van der Waals surface area contributed by atoms with Gasteiger partial charge in [0, 0.05) is 0 Å². The van der Waals surface area contributed by atoms with E-state index in [-0.39, 0.29) is 7.69 Å². The zero-order valence-electron chi connectivity index (χ0n) is 13.0. The summed E-state index contributed by atoms with van der Waals surface area (Å²) in [5.41, 5.74) is 2.69. The SMILES string of the molecule is CCCc1ccc(OBOc2ccc(CCC)cc2)cc1. The molecule has 21 heavy (non-hydrogen) atoms. The molecule has 0 amide bonds. The Labute approximate surface area is 128 Å². The van der Waals surface area contributed by atoms with Gasteiger partial charge in [0.1, 0.15) is 11.5 Å². The van der Waals surface area contributed by atoms with Crippen LogP contribution in [0.3, 0.4) is 0 Å². The van der Waals surface area contributed by atoms with Crippen LogP contribution in [-0.4, -0.2) is 7.69 Å². The molecule has 0 aliphatic carbocycles. The molecular formula is C18H23BO2. The van der Waals surface area contributed by atoms with Crippen LogP contribution >= 0.6 is 0 Å². The van der Waals surface area contributed by atoms with Crippen molar-refractivity contribution in [2.75, 3.05) is 0 Å². The Balaban J connectivity index is 1.78. The Bertz CT molecular complexity index is 470. The van der Waals surface area contributed by atoms with Gasteiger partial charge in [-0.1, -0.05) is 51.0 Å². The van der Waals surface area contributed by atoms with Crippen molar-refractivity contribution >= 4 is 7.69 Å². The smallest absolute Gasteiger partial charge is 0.529 e. The predicted octanol–water partition coefficient (Wildman–Crippen LogP) is 4.32. The van der Waals surface area contributed by atoms with E-state index in [1.165, 1.54) is 11.1 Å². The molecule has 0 aromatic heterocycles. The first-order valence-electron chi connectivity index (χ1n) is 7.75. The van der Waals surface area contributed by atoms with Gasteiger partial charge in [-0.15, -0.1) is 0 Å². The highest BCUT2D eigenvalue weighted by atomic mass is 16.6. The molecule has 0 radical (unpaired) electrons. The first kappa shape index (κ1) is 15.5. The van der Waals surface area contributed by atoms with Gasteiger partial charge < -0.3 is 9.31 Å². The lowest BCUT2D eigenvalue weighted by molar-refractivity contribution is 0.459. The molecule has 0 unspecified atom stereocenters. The summed E-state index contributed by atoms with van der Waals surface area (Å²) in [7, 11) is 0.236. The molecule has 0 saturated carbocycles. The Morgan fingerprint density at radius 2 is 1.05 bits per heavy atom. The molecule has 0 fully saturated rings. The van der Waals surface area contributed by atoms with Crippen LogP contribution in [0.25, 0.3) is 0 Å². The summed E-state index contributed by atoms with van der Waals surface area (Å²) in [6, 6.07) is 16.4. The molecule has 110 valence electrons. The van der Waals surface area contributed by atoms with Gasteiger partial charge >= 0.3 is 7.69 Å². The van der Waals surface area contributed by atoms with Gasteiger partial charge in [0.15, 0.2) is 0 Å². The monoisotopic (exact) mass is 282 g/mol. The predicted molar refractivity (Wildman–Crippen MR) is 89.3 cm³/mol. The summed E-state index contributed by atoms with van der Waals surface area (Å²) in [4.78, 5) is 0. The van der Waals surface area contributed by atoms with Gasteiger partial charge in [-0.05, 0) is 48.2 Å². The van der Waals surface area contributed by atoms with Crippen molar-refractivity contribution in [1.82, 2.24) is 0 Å². The van der Waals surface area contributed by atoms with Crippen LogP contribution in [0.2, 0.25) is 0 Å². The third-order valence-corrected chi connectivity index (χ3v) is 3.38. The molecule has 0 atom stereocenters. The molecule has 0 bridgehead atoms. The fourth-order valence-electron chi connectivity index (χ4n) is 2.25. The van der Waals surface area contributed by atoms with Crippen molar-refractivity contribution in [2.45, 2.75) is 39.5 Å².